The quantitative estimate of drug-likeness (QED) is 0.818. The molecule has 1 amide bonds. The van der Waals surface area contributed by atoms with Crippen LogP contribution in [0.1, 0.15) is 12.8 Å². The van der Waals surface area contributed by atoms with E-state index in [9.17, 15) is 4.79 Å². The molecule has 1 rings (SSSR count). The van der Waals surface area contributed by atoms with Gasteiger partial charge in [-0.05, 0) is 12.5 Å². The molecule has 0 aliphatic rings. The monoisotopic (exact) mass is 291 g/mol. The van der Waals surface area contributed by atoms with Crippen molar-refractivity contribution in [2.75, 3.05) is 25.4 Å². The van der Waals surface area contributed by atoms with Crippen molar-refractivity contribution in [1.82, 2.24) is 0 Å². The molecule has 18 heavy (non-hydrogen) atoms. The highest BCUT2D eigenvalue weighted by Gasteiger charge is 2.12. The first-order valence-corrected chi connectivity index (χ1v) is 6.31. The Morgan fingerprint density at radius 3 is 2.50 bits per heavy atom. The molecule has 4 nitrogen and oxygen atoms in total. The first-order chi connectivity index (χ1) is 8.62. The molecule has 100 valence electrons. The highest BCUT2D eigenvalue weighted by atomic mass is 35.5. The molecule has 0 aromatic heterocycles. The Morgan fingerprint density at radius 2 is 1.94 bits per heavy atom. The highest BCUT2D eigenvalue weighted by Crippen LogP contribution is 2.35. The predicted molar refractivity (Wildman–Crippen MR) is 73.1 cm³/mol. The van der Waals surface area contributed by atoms with Crippen LogP contribution in [0.4, 0.5) is 5.69 Å². The van der Waals surface area contributed by atoms with Crippen LogP contribution in [0.25, 0.3) is 0 Å². The van der Waals surface area contributed by atoms with Crippen molar-refractivity contribution >= 4 is 34.8 Å². The molecule has 0 aliphatic carbocycles. The van der Waals surface area contributed by atoms with Crippen LogP contribution in [-0.4, -0.2) is 26.0 Å². The number of carbonyl (C=O) groups excluding carboxylic acids is 1. The first kappa shape index (κ1) is 14.9. The van der Waals surface area contributed by atoms with Gasteiger partial charge in [0, 0.05) is 18.4 Å². The highest BCUT2D eigenvalue weighted by molar-refractivity contribution is 6.32. The standard InChI is InChI=1S/C12H15Cl2NO3/c1-17-10-7-11(18-2)9(6-8(10)14)15-12(16)4-3-5-13/h6-7H,3-5H2,1-2H3,(H,15,16). The van der Waals surface area contributed by atoms with Crippen LogP contribution in [-0.2, 0) is 4.79 Å². The minimum Gasteiger partial charge on any atom is -0.495 e. The van der Waals surface area contributed by atoms with Gasteiger partial charge in [0.15, 0.2) is 0 Å². The summed E-state index contributed by atoms with van der Waals surface area (Å²) in [6, 6.07) is 3.22. The van der Waals surface area contributed by atoms with Crippen molar-refractivity contribution in [3.8, 4) is 11.5 Å². The van der Waals surface area contributed by atoms with E-state index in [0.717, 1.165) is 0 Å². The lowest BCUT2D eigenvalue weighted by Crippen LogP contribution is -2.12. The van der Waals surface area contributed by atoms with Gasteiger partial charge in [0.25, 0.3) is 0 Å². The van der Waals surface area contributed by atoms with Gasteiger partial charge in [0.05, 0.1) is 24.9 Å². The molecule has 1 aromatic rings. The summed E-state index contributed by atoms with van der Waals surface area (Å²) in [6.45, 7) is 0. The molecular weight excluding hydrogens is 277 g/mol. The fraction of sp³-hybridized carbons (Fsp3) is 0.417. The molecule has 0 saturated carbocycles. The van der Waals surface area contributed by atoms with Crippen molar-refractivity contribution in [1.29, 1.82) is 0 Å². The van der Waals surface area contributed by atoms with E-state index in [1.165, 1.54) is 14.2 Å². The minimum absolute atomic E-state index is 0.129. The van der Waals surface area contributed by atoms with Gasteiger partial charge in [-0.2, -0.15) is 0 Å². The first-order valence-electron chi connectivity index (χ1n) is 5.39. The number of halogens is 2. The summed E-state index contributed by atoms with van der Waals surface area (Å²) >= 11 is 11.5. The summed E-state index contributed by atoms with van der Waals surface area (Å²) in [5.41, 5.74) is 0.517. The molecule has 0 aliphatic heterocycles. The van der Waals surface area contributed by atoms with Crippen molar-refractivity contribution in [3.63, 3.8) is 0 Å². The van der Waals surface area contributed by atoms with Crippen LogP contribution < -0.4 is 14.8 Å². The SMILES string of the molecule is COc1cc(OC)c(NC(=O)CCCCl)cc1Cl. The average Bonchev–Trinajstić information content (AvgIpc) is 2.36. The molecule has 0 unspecified atom stereocenters. The number of anilines is 1. The van der Waals surface area contributed by atoms with Gasteiger partial charge >= 0.3 is 0 Å². The fourth-order valence-electron chi connectivity index (χ4n) is 1.40. The third-order valence-corrected chi connectivity index (χ3v) is 2.85. The van der Waals surface area contributed by atoms with E-state index < -0.39 is 0 Å². The number of ether oxygens (including phenoxy) is 2. The second-order valence-electron chi connectivity index (χ2n) is 3.53. The van der Waals surface area contributed by atoms with E-state index in [2.05, 4.69) is 5.32 Å². The smallest absolute Gasteiger partial charge is 0.224 e. The fourth-order valence-corrected chi connectivity index (χ4v) is 1.77. The number of methoxy groups -OCH3 is 2. The molecule has 0 fully saturated rings. The summed E-state index contributed by atoms with van der Waals surface area (Å²) in [4.78, 5) is 11.6. The summed E-state index contributed by atoms with van der Waals surface area (Å²) < 4.78 is 10.2. The van der Waals surface area contributed by atoms with E-state index in [1.54, 1.807) is 12.1 Å². The number of amides is 1. The van der Waals surface area contributed by atoms with Crippen molar-refractivity contribution in [3.05, 3.63) is 17.2 Å². The van der Waals surface area contributed by atoms with Gasteiger partial charge in [-0.3, -0.25) is 4.79 Å². The number of hydrogen-bond donors (Lipinski definition) is 1. The van der Waals surface area contributed by atoms with Gasteiger partial charge in [0.1, 0.15) is 11.5 Å². The zero-order valence-electron chi connectivity index (χ0n) is 10.3. The normalized spacial score (nSPS) is 10.0. The Kier molecular flexibility index (Phi) is 6.09. The predicted octanol–water partition coefficient (Wildman–Crippen LogP) is 3.31. The third-order valence-electron chi connectivity index (χ3n) is 2.29. The Labute approximate surface area is 116 Å². The summed E-state index contributed by atoms with van der Waals surface area (Å²) in [7, 11) is 3.02. The van der Waals surface area contributed by atoms with Gasteiger partial charge in [-0.25, -0.2) is 0 Å². The summed E-state index contributed by atoms with van der Waals surface area (Å²) in [6.07, 6.45) is 0.982. The van der Waals surface area contributed by atoms with Gasteiger partial charge in [0.2, 0.25) is 5.91 Å². The molecule has 0 heterocycles. The van der Waals surface area contributed by atoms with E-state index in [4.69, 9.17) is 32.7 Å². The molecule has 0 saturated heterocycles. The van der Waals surface area contributed by atoms with E-state index in [1.807, 2.05) is 0 Å². The van der Waals surface area contributed by atoms with E-state index in [-0.39, 0.29) is 5.91 Å². The summed E-state index contributed by atoms with van der Waals surface area (Å²) in [5, 5.41) is 3.13. The molecule has 0 atom stereocenters. The van der Waals surface area contributed by atoms with Crippen LogP contribution in [0.3, 0.4) is 0 Å². The van der Waals surface area contributed by atoms with E-state index >= 15 is 0 Å². The Morgan fingerprint density at radius 1 is 1.28 bits per heavy atom. The van der Waals surface area contributed by atoms with Crippen molar-refractivity contribution in [2.45, 2.75) is 12.8 Å². The lowest BCUT2D eigenvalue weighted by Gasteiger charge is -2.12. The van der Waals surface area contributed by atoms with Crippen LogP contribution in [0, 0.1) is 0 Å². The molecule has 6 heteroatoms. The van der Waals surface area contributed by atoms with Gasteiger partial charge in [-0.15, -0.1) is 11.6 Å². The number of rotatable bonds is 6. The largest absolute Gasteiger partial charge is 0.495 e. The number of nitrogens with one attached hydrogen (secondary N) is 1. The van der Waals surface area contributed by atoms with Crippen LogP contribution >= 0.6 is 23.2 Å². The Hall–Kier alpha value is -1.13. The third kappa shape index (κ3) is 3.96. The maximum absolute atomic E-state index is 11.6. The number of alkyl halides is 1. The second kappa shape index (κ2) is 7.34. The van der Waals surface area contributed by atoms with Crippen LogP contribution in [0.15, 0.2) is 12.1 Å². The van der Waals surface area contributed by atoms with E-state index in [0.29, 0.717) is 40.9 Å². The summed E-state index contributed by atoms with van der Waals surface area (Å²) in [5.74, 6) is 1.31. The maximum atomic E-state index is 11.6. The number of hydrogen-bond acceptors (Lipinski definition) is 3. The van der Waals surface area contributed by atoms with Gasteiger partial charge in [-0.1, -0.05) is 11.6 Å². The molecule has 0 radical (unpaired) electrons. The Balaban J connectivity index is 2.87. The van der Waals surface area contributed by atoms with Crippen LogP contribution in [0.2, 0.25) is 5.02 Å². The molecular formula is C12H15Cl2NO3. The minimum atomic E-state index is -0.129. The average molecular weight is 292 g/mol. The topological polar surface area (TPSA) is 47.6 Å². The lowest BCUT2D eigenvalue weighted by atomic mass is 10.2. The molecule has 0 spiro atoms. The number of benzene rings is 1. The Bertz CT molecular complexity index is 424. The second-order valence-corrected chi connectivity index (χ2v) is 4.31. The lowest BCUT2D eigenvalue weighted by molar-refractivity contribution is -0.116. The molecule has 0 bridgehead atoms. The maximum Gasteiger partial charge on any atom is 0.224 e. The van der Waals surface area contributed by atoms with Gasteiger partial charge < -0.3 is 14.8 Å². The van der Waals surface area contributed by atoms with Crippen LogP contribution in [0.5, 0.6) is 11.5 Å². The molecule has 1 N–H and O–H groups in total. The number of carbonyl (C=O) groups is 1. The zero-order valence-corrected chi connectivity index (χ0v) is 11.8. The van der Waals surface area contributed by atoms with Crippen molar-refractivity contribution < 1.29 is 14.3 Å². The zero-order chi connectivity index (χ0) is 13.5. The molecule has 1 aromatic carbocycles. The van der Waals surface area contributed by atoms with Crippen molar-refractivity contribution in [2.24, 2.45) is 0 Å².